The van der Waals surface area contributed by atoms with Crippen molar-refractivity contribution in [1.29, 1.82) is 0 Å². The molecule has 4 heteroatoms. The third-order valence-electron chi connectivity index (χ3n) is 3.80. The number of benzene rings is 1. The number of rotatable bonds is 5. The Hall–Kier alpha value is -0.670. The summed E-state index contributed by atoms with van der Waals surface area (Å²) >= 11 is 7.64. The summed E-state index contributed by atoms with van der Waals surface area (Å²) in [6.45, 7) is 2.76. The van der Waals surface area contributed by atoms with Crippen LogP contribution in [0.5, 0.6) is 0 Å². The van der Waals surface area contributed by atoms with Crippen LogP contribution in [-0.4, -0.2) is 17.7 Å². The summed E-state index contributed by atoms with van der Waals surface area (Å²) in [7, 11) is 0. The van der Waals surface area contributed by atoms with E-state index in [0.717, 1.165) is 11.4 Å². The predicted molar refractivity (Wildman–Crippen MR) is 86.4 cm³/mol. The van der Waals surface area contributed by atoms with E-state index >= 15 is 0 Å². The molecule has 0 spiro atoms. The summed E-state index contributed by atoms with van der Waals surface area (Å²) in [5, 5.41) is 3.69. The van der Waals surface area contributed by atoms with E-state index < -0.39 is 0 Å². The van der Waals surface area contributed by atoms with E-state index in [1.165, 1.54) is 43.9 Å². The number of amides is 1. The number of thioether (sulfide) groups is 1. The van der Waals surface area contributed by atoms with E-state index in [4.69, 9.17) is 11.6 Å². The molecule has 1 unspecified atom stereocenters. The number of hydrogen-bond donors (Lipinski definition) is 1. The first-order chi connectivity index (χ1) is 9.66. The van der Waals surface area contributed by atoms with Gasteiger partial charge in [-0.1, -0.05) is 43.0 Å². The van der Waals surface area contributed by atoms with Gasteiger partial charge in [0.15, 0.2) is 0 Å². The third kappa shape index (κ3) is 4.71. The second-order valence-corrected chi connectivity index (χ2v) is 7.23. The zero-order chi connectivity index (χ0) is 14.4. The summed E-state index contributed by atoms with van der Waals surface area (Å²) < 4.78 is 0. The highest BCUT2D eigenvalue weighted by Gasteiger charge is 2.18. The monoisotopic (exact) mass is 311 g/mol. The smallest absolute Gasteiger partial charge is 0.233 e. The van der Waals surface area contributed by atoms with Crippen LogP contribution in [0.2, 0.25) is 5.02 Å². The van der Waals surface area contributed by atoms with Gasteiger partial charge in [-0.2, -0.15) is 0 Å². The predicted octanol–water partition coefficient (Wildman–Crippen LogP) is 4.52. The number of hydrogen-bond acceptors (Lipinski definition) is 2. The Morgan fingerprint density at radius 2 is 2.05 bits per heavy atom. The van der Waals surface area contributed by atoms with Crippen molar-refractivity contribution in [3.63, 3.8) is 0 Å². The lowest BCUT2D eigenvalue weighted by molar-refractivity contribution is -0.120. The normalized spacial score (nSPS) is 17.7. The number of carbonyl (C=O) groups is 1. The van der Waals surface area contributed by atoms with Crippen LogP contribution in [0.15, 0.2) is 29.2 Å². The van der Waals surface area contributed by atoms with Crippen molar-refractivity contribution in [2.45, 2.75) is 49.2 Å². The van der Waals surface area contributed by atoms with Gasteiger partial charge in [0.25, 0.3) is 0 Å². The van der Waals surface area contributed by atoms with Crippen molar-refractivity contribution in [2.24, 2.45) is 5.92 Å². The molecule has 1 aliphatic carbocycles. The molecule has 1 aromatic carbocycles. The molecular weight excluding hydrogens is 290 g/mol. The molecule has 1 amide bonds. The first-order valence-corrected chi connectivity index (χ1v) is 8.61. The molecule has 20 heavy (non-hydrogen) atoms. The Morgan fingerprint density at radius 3 is 2.75 bits per heavy atom. The van der Waals surface area contributed by atoms with Gasteiger partial charge in [0.05, 0.1) is 10.3 Å². The second-order valence-electron chi connectivity index (χ2n) is 5.44. The SMILES string of the molecule is CC(Sc1ccccc1Cl)C(=O)NCC1CCCCC1. The van der Waals surface area contributed by atoms with Crippen molar-refractivity contribution in [3.8, 4) is 0 Å². The van der Waals surface area contributed by atoms with Gasteiger partial charge in [-0.15, -0.1) is 11.8 Å². The minimum Gasteiger partial charge on any atom is -0.355 e. The molecule has 2 nitrogen and oxygen atoms in total. The largest absolute Gasteiger partial charge is 0.355 e. The van der Waals surface area contributed by atoms with Crippen LogP contribution in [0.25, 0.3) is 0 Å². The zero-order valence-corrected chi connectivity index (χ0v) is 13.5. The molecule has 1 aliphatic rings. The molecule has 1 N–H and O–H groups in total. The average molecular weight is 312 g/mol. The molecule has 1 aromatic rings. The van der Waals surface area contributed by atoms with E-state index in [1.54, 1.807) is 0 Å². The Bertz CT molecular complexity index is 446. The molecule has 0 saturated heterocycles. The third-order valence-corrected chi connectivity index (χ3v) is 5.42. The molecule has 0 aliphatic heterocycles. The van der Waals surface area contributed by atoms with E-state index in [-0.39, 0.29) is 11.2 Å². The fourth-order valence-corrected chi connectivity index (χ4v) is 3.74. The van der Waals surface area contributed by atoms with Crippen molar-refractivity contribution < 1.29 is 4.79 Å². The van der Waals surface area contributed by atoms with Gasteiger partial charge in [-0.05, 0) is 37.8 Å². The highest BCUT2D eigenvalue weighted by atomic mass is 35.5. The standard InChI is InChI=1S/C16H22ClNOS/c1-12(20-15-10-6-5-9-14(15)17)16(19)18-11-13-7-3-2-4-8-13/h5-6,9-10,12-13H,2-4,7-8,11H2,1H3,(H,18,19). The fraction of sp³-hybridized carbons (Fsp3) is 0.562. The molecule has 1 fully saturated rings. The number of halogens is 1. The molecule has 110 valence electrons. The minimum atomic E-state index is -0.113. The molecule has 2 rings (SSSR count). The first kappa shape index (κ1) is 15.7. The van der Waals surface area contributed by atoms with Gasteiger partial charge < -0.3 is 5.32 Å². The highest BCUT2D eigenvalue weighted by Crippen LogP contribution is 2.30. The van der Waals surface area contributed by atoms with Crippen LogP contribution in [-0.2, 0) is 4.79 Å². The molecule has 0 bridgehead atoms. The molecule has 1 atom stereocenters. The molecule has 0 radical (unpaired) electrons. The minimum absolute atomic E-state index is 0.112. The lowest BCUT2D eigenvalue weighted by Gasteiger charge is -2.22. The first-order valence-electron chi connectivity index (χ1n) is 7.35. The Morgan fingerprint density at radius 1 is 1.35 bits per heavy atom. The molecule has 1 saturated carbocycles. The average Bonchev–Trinajstić information content (AvgIpc) is 2.48. The molecular formula is C16H22ClNOS. The summed E-state index contributed by atoms with van der Waals surface area (Å²) in [6, 6.07) is 7.66. The van der Waals surface area contributed by atoms with Crippen LogP contribution in [0.3, 0.4) is 0 Å². The Labute approximate surface area is 130 Å². The van der Waals surface area contributed by atoms with Gasteiger partial charge in [0, 0.05) is 11.4 Å². The van der Waals surface area contributed by atoms with Crippen LogP contribution < -0.4 is 5.32 Å². The second kappa shape index (κ2) is 7.94. The van der Waals surface area contributed by atoms with E-state index in [9.17, 15) is 4.79 Å². The van der Waals surface area contributed by atoms with Gasteiger partial charge in [0.2, 0.25) is 5.91 Å². The number of nitrogens with one attached hydrogen (secondary N) is 1. The molecule has 0 heterocycles. The summed E-state index contributed by atoms with van der Waals surface area (Å²) in [5.41, 5.74) is 0. The van der Waals surface area contributed by atoms with Crippen molar-refractivity contribution in [3.05, 3.63) is 29.3 Å². The van der Waals surface area contributed by atoms with Gasteiger partial charge in [0.1, 0.15) is 0 Å². The van der Waals surface area contributed by atoms with Crippen LogP contribution in [0, 0.1) is 5.92 Å². The van der Waals surface area contributed by atoms with Crippen molar-refractivity contribution in [2.75, 3.05) is 6.54 Å². The van der Waals surface area contributed by atoms with Crippen LogP contribution >= 0.6 is 23.4 Å². The summed E-state index contributed by atoms with van der Waals surface area (Å²) in [4.78, 5) is 13.1. The van der Waals surface area contributed by atoms with Gasteiger partial charge in [-0.25, -0.2) is 0 Å². The van der Waals surface area contributed by atoms with Gasteiger partial charge in [-0.3, -0.25) is 4.79 Å². The van der Waals surface area contributed by atoms with Crippen LogP contribution in [0.4, 0.5) is 0 Å². The summed E-state index contributed by atoms with van der Waals surface area (Å²) in [6.07, 6.45) is 6.48. The lowest BCUT2D eigenvalue weighted by atomic mass is 9.89. The fourth-order valence-electron chi connectivity index (χ4n) is 2.56. The molecule has 0 aromatic heterocycles. The summed E-state index contributed by atoms with van der Waals surface area (Å²) in [5.74, 6) is 0.783. The van der Waals surface area contributed by atoms with E-state index in [2.05, 4.69) is 5.32 Å². The highest BCUT2D eigenvalue weighted by molar-refractivity contribution is 8.00. The lowest BCUT2D eigenvalue weighted by Crippen LogP contribution is -2.35. The van der Waals surface area contributed by atoms with E-state index in [1.807, 2.05) is 31.2 Å². The van der Waals surface area contributed by atoms with Gasteiger partial charge >= 0.3 is 0 Å². The maximum absolute atomic E-state index is 12.1. The number of carbonyl (C=O) groups excluding carboxylic acids is 1. The quantitative estimate of drug-likeness (QED) is 0.810. The Balaban J connectivity index is 1.78. The van der Waals surface area contributed by atoms with Crippen molar-refractivity contribution in [1.82, 2.24) is 5.32 Å². The topological polar surface area (TPSA) is 29.1 Å². The van der Waals surface area contributed by atoms with Crippen molar-refractivity contribution >= 4 is 29.3 Å². The maximum atomic E-state index is 12.1. The van der Waals surface area contributed by atoms with E-state index in [0.29, 0.717) is 10.9 Å². The van der Waals surface area contributed by atoms with Crippen LogP contribution in [0.1, 0.15) is 39.0 Å². The zero-order valence-electron chi connectivity index (χ0n) is 11.9. The Kier molecular flexibility index (Phi) is 6.24. The maximum Gasteiger partial charge on any atom is 0.233 e.